The molecule has 0 spiro atoms. The van der Waals surface area contributed by atoms with Gasteiger partial charge in [0.1, 0.15) is 17.1 Å². The molecule has 0 aliphatic heterocycles. The van der Waals surface area contributed by atoms with Gasteiger partial charge in [-0.05, 0) is 60.7 Å². The number of benzene rings is 3. The minimum absolute atomic E-state index is 0.171. The highest BCUT2D eigenvalue weighted by Gasteiger charge is 2.10. The standard InChI is InChI=1S/C21H14FNO3/c22-16-9-5-14(6-10-16)21(24)15-7-11-17(12-8-15)25-13-20-23-18-3-1-2-4-19(18)26-20/h1-12H,13H2. The molecule has 1 heterocycles. The number of para-hydroxylation sites is 2. The number of aromatic nitrogens is 1. The Bertz CT molecular complexity index is 1020. The van der Waals surface area contributed by atoms with Crippen LogP contribution in [0.3, 0.4) is 0 Å². The van der Waals surface area contributed by atoms with Crippen LogP contribution in [0.25, 0.3) is 11.1 Å². The van der Waals surface area contributed by atoms with E-state index in [0.717, 1.165) is 5.52 Å². The number of hydrogen-bond donors (Lipinski definition) is 0. The Labute approximate surface area is 148 Å². The topological polar surface area (TPSA) is 52.3 Å². The third-order valence-electron chi connectivity index (χ3n) is 3.92. The molecule has 0 saturated carbocycles. The number of rotatable bonds is 5. The summed E-state index contributed by atoms with van der Waals surface area (Å²) in [6, 6.07) is 19.7. The van der Waals surface area contributed by atoms with E-state index in [1.54, 1.807) is 24.3 Å². The number of oxazole rings is 1. The second-order valence-corrected chi connectivity index (χ2v) is 5.72. The average Bonchev–Trinajstić information content (AvgIpc) is 3.10. The largest absolute Gasteiger partial charge is 0.484 e. The number of hydrogen-bond acceptors (Lipinski definition) is 4. The maximum Gasteiger partial charge on any atom is 0.233 e. The van der Waals surface area contributed by atoms with E-state index in [0.29, 0.717) is 28.4 Å². The first-order chi connectivity index (χ1) is 12.7. The van der Waals surface area contributed by atoms with E-state index in [2.05, 4.69) is 4.98 Å². The Kier molecular flexibility index (Phi) is 4.19. The lowest BCUT2D eigenvalue weighted by molar-refractivity contribution is 0.103. The molecule has 128 valence electrons. The number of halogens is 1. The lowest BCUT2D eigenvalue weighted by Gasteiger charge is -2.05. The van der Waals surface area contributed by atoms with E-state index in [-0.39, 0.29) is 18.2 Å². The minimum atomic E-state index is -0.371. The molecule has 0 fully saturated rings. The summed E-state index contributed by atoms with van der Waals surface area (Å²) in [5, 5.41) is 0. The van der Waals surface area contributed by atoms with Gasteiger partial charge in [0.25, 0.3) is 0 Å². The molecule has 3 aromatic carbocycles. The zero-order valence-corrected chi connectivity index (χ0v) is 13.7. The van der Waals surface area contributed by atoms with Crippen molar-refractivity contribution in [2.45, 2.75) is 6.61 Å². The first-order valence-corrected chi connectivity index (χ1v) is 8.07. The number of carbonyl (C=O) groups is 1. The summed E-state index contributed by atoms with van der Waals surface area (Å²) in [6.07, 6.45) is 0. The summed E-state index contributed by atoms with van der Waals surface area (Å²) in [5.74, 6) is 0.542. The quantitative estimate of drug-likeness (QED) is 0.488. The highest BCUT2D eigenvalue weighted by molar-refractivity contribution is 6.08. The number of fused-ring (bicyclic) bond motifs is 1. The molecule has 26 heavy (non-hydrogen) atoms. The number of nitrogens with zero attached hydrogens (tertiary/aromatic N) is 1. The highest BCUT2D eigenvalue weighted by Crippen LogP contribution is 2.19. The SMILES string of the molecule is O=C(c1ccc(F)cc1)c1ccc(OCc2nc3ccccc3o2)cc1. The molecule has 0 N–H and O–H groups in total. The minimum Gasteiger partial charge on any atom is -0.484 e. The lowest BCUT2D eigenvalue weighted by Crippen LogP contribution is -2.01. The summed E-state index contributed by atoms with van der Waals surface area (Å²) >= 11 is 0. The molecule has 0 amide bonds. The Morgan fingerprint density at radius 2 is 1.58 bits per heavy atom. The van der Waals surface area contributed by atoms with Crippen LogP contribution in [0.4, 0.5) is 4.39 Å². The fourth-order valence-electron chi connectivity index (χ4n) is 2.60. The van der Waals surface area contributed by atoms with Crippen molar-refractivity contribution in [1.82, 2.24) is 4.98 Å². The van der Waals surface area contributed by atoms with Crippen molar-refractivity contribution in [2.24, 2.45) is 0 Å². The molecule has 4 aromatic rings. The zero-order valence-electron chi connectivity index (χ0n) is 13.7. The van der Waals surface area contributed by atoms with Crippen molar-refractivity contribution < 1.29 is 18.3 Å². The Morgan fingerprint density at radius 3 is 2.27 bits per heavy atom. The number of carbonyl (C=O) groups excluding carboxylic acids is 1. The third kappa shape index (κ3) is 3.32. The van der Waals surface area contributed by atoms with Gasteiger partial charge in [-0.2, -0.15) is 0 Å². The number of ketones is 1. The summed E-state index contributed by atoms with van der Waals surface area (Å²) in [7, 11) is 0. The van der Waals surface area contributed by atoms with Crippen molar-refractivity contribution in [2.75, 3.05) is 0 Å². The van der Waals surface area contributed by atoms with Gasteiger partial charge in [0, 0.05) is 11.1 Å². The molecular formula is C21H14FNO3. The zero-order chi connectivity index (χ0) is 17.9. The molecule has 4 rings (SSSR count). The molecule has 1 aromatic heterocycles. The van der Waals surface area contributed by atoms with Crippen molar-refractivity contribution in [3.05, 3.63) is 95.6 Å². The van der Waals surface area contributed by atoms with Crippen LogP contribution in [0, 0.1) is 5.82 Å². The van der Waals surface area contributed by atoms with E-state index >= 15 is 0 Å². The van der Waals surface area contributed by atoms with Gasteiger partial charge in [0.05, 0.1) is 0 Å². The molecule has 0 atom stereocenters. The van der Waals surface area contributed by atoms with Gasteiger partial charge < -0.3 is 9.15 Å². The third-order valence-corrected chi connectivity index (χ3v) is 3.92. The van der Waals surface area contributed by atoms with E-state index in [1.165, 1.54) is 24.3 Å². The fourth-order valence-corrected chi connectivity index (χ4v) is 2.60. The normalized spacial score (nSPS) is 10.8. The summed E-state index contributed by atoms with van der Waals surface area (Å²) in [6.45, 7) is 0.194. The van der Waals surface area contributed by atoms with E-state index in [1.807, 2.05) is 24.3 Å². The van der Waals surface area contributed by atoms with Crippen LogP contribution in [0.5, 0.6) is 5.75 Å². The molecule has 0 saturated heterocycles. The van der Waals surface area contributed by atoms with Crippen LogP contribution in [0.15, 0.2) is 77.2 Å². The van der Waals surface area contributed by atoms with Gasteiger partial charge in [0.2, 0.25) is 5.89 Å². The van der Waals surface area contributed by atoms with Crippen LogP contribution in [-0.2, 0) is 6.61 Å². The molecule has 0 radical (unpaired) electrons. The molecule has 0 aliphatic rings. The van der Waals surface area contributed by atoms with Crippen molar-refractivity contribution >= 4 is 16.9 Å². The maximum absolute atomic E-state index is 13.0. The predicted octanol–water partition coefficient (Wildman–Crippen LogP) is 4.78. The van der Waals surface area contributed by atoms with E-state index in [4.69, 9.17) is 9.15 Å². The molecular weight excluding hydrogens is 333 g/mol. The summed E-state index contributed by atoms with van der Waals surface area (Å²) in [4.78, 5) is 16.7. The van der Waals surface area contributed by atoms with Crippen LogP contribution >= 0.6 is 0 Å². The van der Waals surface area contributed by atoms with Gasteiger partial charge in [-0.25, -0.2) is 9.37 Å². The van der Waals surface area contributed by atoms with Gasteiger partial charge in [0.15, 0.2) is 18.0 Å². The second-order valence-electron chi connectivity index (χ2n) is 5.72. The van der Waals surface area contributed by atoms with Crippen molar-refractivity contribution in [1.29, 1.82) is 0 Å². The summed E-state index contributed by atoms with van der Waals surface area (Å²) in [5.41, 5.74) is 2.44. The molecule has 4 nitrogen and oxygen atoms in total. The number of ether oxygens (including phenoxy) is 1. The lowest BCUT2D eigenvalue weighted by atomic mass is 10.0. The Hall–Kier alpha value is -3.47. The molecule has 0 bridgehead atoms. The van der Waals surface area contributed by atoms with Crippen molar-refractivity contribution in [3.63, 3.8) is 0 Å². The van der Waals surface area contributed by atoms with Crippen LogP contribution < -0.4 is 4.74 Å². The monoisotopic (exact) mass is 347 g/mol. The van der Waals surface area contributed by atoms with Crippen molar-refractivity contribution in [3.8, 4) is 5.75 Å². The van der Waals surface area contributed by atoms with Crippen LogP contribution in [0.1, 0.15) is 21.8 Å². The van der Waals surface area contributed by atoms with Gasteiger partial charge in [-0.15, -0.1) is 0 Å². The second kappa shape index (κ2) is 6.80. The van der Waals surface area contributed by atoms with Crippen LogP contribution in [-0.4, -0.2) is 10.8 Å². The fraction of sp³-hybridized carbons (Fsp3) is 0.0476. The first kappa shape index (κ1) is 16.0. The van der Waals surface area contributed by atoms with Gasteiger partial charge >= 0.3 is 0 Å². The predicted molar refractivity (Wildman–Crippen MR) is 94.6 cm³/mol. The Morgan fingerprint density at radius 1 is 0.923 bits per heavy atom. The van der Waals surface area contributed by atoms with E-state index in [9.17, 15) is 9.18 Å². The van der Waals surface area contributed by atoms with Crippen LogP contribution in [0.2, 0.25) is 0 Å². The van der Waals surface area contributed by atoms with Gasteiger partial charge in [-0.3, -0.25) is 4.79 Å². The van der Waals surface area contributed by atoms with E-state index < -0.39 is 0 Å². The molecule has 0 aliphatic carbocycles. The molecule has 5 heteroatoms. The summed E-state index contributed by atoms with van der Waals surface area (Å²) < 4.78 is 24.2. The average molecular weight is 347 g/mol. The highest BCUT2D eigenvalue weighted by atomic mass is 19.1. The maximum atomic E-state index is 13.0. The molecule has 0 unspecified atom stereocenters. The van der Waals surface area contributed by atoms with Gasteiger partial charge in [-0.1, -0.05) is 12.1 Å². The first-order valence-electron chi connectivity index (χ1n) is 8.07. The Balaban J connectivity index is 1.44. The smallest absolute Gasteiger partial charge is 0.233 e.